The van der Waals surface area contributed by atoms with E-state index in [1.165, 1.54) is 9.13 Å². The first kappa shape index (κ1) is 12.9. The third kappa shape index (κ3) is 4.00. The second kappa shape index (κ2) is 6.40. The van der Waals surface area contributed by atoms with E-state index in [0.717, 1.165) is 23.1 Å². The SMILES string of the molecule is Brc1cc(NCCc2ccccc2)ccc1I. The summed E-state index contributed by atoms with van der Waals surface area (Å²) in [6.45, 7) is 0.955. The van der Waals surface area contributed by atoms with Crippen molar-refractivity contribution in [3.8, 4) is 0 Å². The van der Waals surface area contributed by atoms with E-state index in [-0.39, 0.29) is 0 Å². The minimum atomic E-state index is 0.955. The summed E-state index contributed by atoms with van der Waals surface area (Å²) in [5.74, 6) is 0. The van der Waals surface area contributed by atoms with Crippen LogP contribution in [0.5, 0.6) is 0 Å². The van der Waals surface area contributed by atoms with Gasteiger partial charge in [0.1, 0.15) is 0 Å². The summed E-state index contributed by atoms with van der Waals surface area (Å²) >= 11 is 5.85. The van der Waals surface area contributed by atoms with Gasteiger partial charge in [0, 0.05) is 20.3 Å². The zero-order chi connectivity index (χ0) is 12.1. The molecule has 0 bridgehead atoms. The molecule has 2 aromatic rings. The maximum absolute atomic E-state index is 3.54. The Hall–Kier alpha value is -0.550. The van der Waals surface area contributed by atoms with Crippen molar-refractivity contribution in [2.75, 3.05) is 11.9 Å². The van der Waals surface area contributed by atoms with Gasteiger partial charge in [0.15, 0.2) is 0 Å². The molecule has 0 aliphatic rings. The van der Waals surface area contributed by atoms with Crippen LogP contribution in [0.15, 0.2) is 53.0 Å². The van der Waals surface area contributed by atoms with Gasteiger partial charge in [0.2, 0.25) is 0 Å². The third-order valence-electron chi connectivity index (χ3n) is 2.51. The highest BCUT2D eigenvalue weighted by molar-refractivity contribution is 14.1. The zero-order valence-electron chi connectivity index (χ0n) is 9.29. The molecule has 0 atom stereocenters. The Morgan fingerprint density at radius 1 is 1.06 bits per heavy atom. The van der Waals surface area contributed by atoms with Crippen molar-refractivity contribution < 1.29 is 0 Å². The number of rotatable bonds is 4. The van der Waals surface area contributed by atoms with E-state index in [0.29, 0.717) is 0 Å². The van der Waals surface area contributed by atoms with Gasteiger partial charge in [-0.2, -0.15) is 0 Å². The number of nitrogens with one attached hydrogen (secondary N) is 1. The predicted octanol–water partition coefficient (Wildman–Crippen LogP) is 4.71. The fourth-order valence-electron chi connectivity index (χ4n) is 1.60. The lowest BCUT2D eigenvalue weighted by molar-refractivity contribution is 1.02. The summed E-state index contributed by atoms with van der Waals surface area (Å²) in [4.78, 5) is 0. The Labute approximate surface area is 124 Å². The van der Waals surface area contributed by atoms with Crippen molar-refractivity contribution >= 4 is 44.2 Å². The van der Waals surface area contributed by atoms with Gasteiger partial charge in [-0.25, -0.2) is 0 Å². The highest BCUT2D eigenvalue weighted by Gasteiger charge is 1.98. The molecule has 1 nitrogen and oxygen atoms in total. The van der Waals surface area contributed by atoms with Crippen LogP contribution in [0, 0.1) is 3.57 Å². The highest BCUT2D eigenvalue weighted by Crippen LogP contribution is 2.22. The molecular weight excluding hydrogens is 389 g/mol. The van der Waals surface area contributed by atoms with E-state index in [1.54, 1.807) is 0 Å². The average Bonchev–Trinajstić information content (AvgIpc) is 2.35. The molecule has 3 heteroatoms. The summed E-state index contributed by atoms with van der Waals surface area (Å²) in [5, 5.41) is 3.43. The maximum Gasteiger partial charge on any atom is 0.0352 e. The summed E-state index contributed by atoms with van der Waals surface area (Å²) in [6, 6.07) is 16.9. The molecule has 0 radical (unpaired) electrons. The van der Waals surface area contributed by atoms with Crippen LogP contribution in [0.3, 0.4) is 0 Å². The minimum absolute atomic E-state index is 0.955. The van der Waals surface area contributed by atoms with E-state index < -0.39 is 0 Å². The highest BCUT2D eigenvalue weighted by atomic mass is 127. The summed E-state index contributed by atoms with van der Waals surface area (Å²) < 4.78 is 2.37. The molecule has 17 heavy (non-hydrogen) atoms. The molecule has 0 amide bonds. The first-order valence-corrected chi connectivity index (χ1v) is 7.36. The van der Waals surface area contributed by atoms with Gasteiger partial charge in [-0.05, 0) is 68.7 Å². The van der Waals surface area contributed by atoms with Crippen LogP contribution in [0.25, 0.3) is 0 Å². The van der Waals surface area contributed by atoms with Crippen LogP contribution in [0.2, 0.25) is 0 Å². The monoisotopic (exact) mass is 401 g/mol. The number of hydrogen-bond donors (Lipinski definition) is 1. The van der Waals surface area contributed by atoms with E-state index in [4.69, 9.17) is 0 Å². The topological polar surface area (TPSA) is 12.0 Å². The molecule has 0 aliphatic carbocycles. The molecule has 88 valence electrons. The largest absolute Gasteiger partial charge is 0.385 e. The molecule has 0 spiro atoms. The lowest BCUT2D eigenvalue weighted by Crippen LogP contribution is -2.04. The Bertz CT molecular complexity index is 485. The van der Waals surface area contributed by atoms with Crippen molar-refractivity contribution in [1.29, 1.82) is 0 Å². The van der Waals surface area contributed by atoms with Crippen LogP contribution in [-0.4, -0.2) is 6.54 Å². The minimum Gasteiger partial charge on any atom is -0.385 e. The van der Waals surface area contributed by atoms with Gasteiger partial charge in [0.25, 0.3) is 0 Å². The molecular formula is C14H13BrIN. The van der Waals surface area contributed by atoms with Crippen LogP contribution < -0.4 is 5.32 Å². The first-order chi connectivity index (χ1) is 8.25. The van der Waals surface area contributed by atoms with Gasteiger partial charge in [-0.1, -0.05) is 30.3 Å². The molecule has 0 saturated carbocycles. The fraction of sp³-hybridized carbons (Fsp3) is 0.143. The number of anilines is 1. The van der Waals surface area contributed by atoms with Crippen LogP contribution in [-0.2, 0) is 6.42 Å². The maximum atomic E-state index is 3.54. The quantitative estimate of drug-likeness (QED) is 0.731. The molecule has 0 heterocycles. The number of halogens is 2. The fourth-order valence-corrected chi connectivity index (χ4v) is 2.32. The first-order valence-electron chi connectivity index (χ1n) is 5.48. The normalized spacial score (nSPS) is 10.2. The van der Waals surface area contributed by atoms with Crippen molar-refractivity contribution in [3.63, 3.8) is 0 Å². The van der Waals surface area contributed by atoms with Crippen LogP contribution >= 0.6 is 38.5 Å². The van der Waals surface area contributed by atoms with Gasteiger partial charge >= 0.3 is 0 Å². The van der Waals surface area contributed by atoms with Gasteiger partial charge in [-0.15, -0.1) is 0 Å². The third-order valence-corrected chi connectivity index (χ3v) is 4.84. The standard InChI is InChI=1S/C14H13BrIN/c15-13-10-12(6-7-14(13)16)17-9-8-11-4-2-1-3-5-11/h1-7,10,17H,8-9H2. The lowest BCUT2D eigenvalue weighted by Gasteiger charge is -2.07. The molecule has 0 aromatic heterocycles. The number of benzene rings is 2. The predicted molar refractivity (Wildman–Crippen MR) is 85.5 cm³/mol. The van der Waals surface area contributed by atoms with E-state index >= 15 is 0 Å². The van der Waals surface area contributed by atoms with Crippen LogP contribution in [0.4, 0.5) is 5.69 Å². The Morgan fingerprint density at radius 2 is 1.82 bits per heavy atom. The van der Waals surface area contributed by atoms with Crippen molar-refractivity contribution in [1.82, 2.24) is 0 Å². The van der Waals surface area contributed by atoms with Gasteiger partial charge in [-0.3, -0.25) is 0 Å². The molecule has 0 saturated heterocycles. The molecule has 0 aliphatic heterocycles. The Morgan fingerprint density at radius 3 is 2.53 bits per heavy atom. The molecule has 0 unspecified atom stereocenters. The van der Waals surface area contributed by atoms with Crippen molar-refractivity contribution in [2.24, 2.45) is 0 Å². The van der Waals surface area contributed by atoms with E-state index in [1.807, 2.05) is 6.07 Å². The average molecular weight is 402 g/mol. The van der Waals surface area contributed by atoms with Gasteiger partial charge < -0.3 is 5.32 Å². The summed E-state index contributed by atoms with van der Waals surface area (Å²) in [7, 11) is 0. The molecule has 2 aromatic carbocycles. The van der Waals surface area contributed by atoms with Gasteiger partial charge in [0.05, 0.1) is 0 Å². The second-order valence-corrected chi connectivity index (χ2v) is 5.81. The van der Waals surface area contributed by atoms with E-state index in [2.05, 4.69) is 86.3 Å². The van der Waals surface area contributed by atoms with Crippen molar-refractivity contribution in [2.45, 2.75) is 6.42 Å². The lowest BCUT2D eigenvalue weighted by atomic mass is 10.1. The molecule has 0 fully saturated rings. The Kier molecular flexibility index (Phi) is 4.86. The van der Waals surface area contributed by atoms with E-state index in [9.17, 15) is 0 Å². The molecule has 2 rings (SSSR count). The smallest absolute Gasteiger partial charge is 0.0352 e. The second-order valence-electron chi connectivity index (χ2n) is 3.79. The van der Waals surface area contributed by atoms with Crippen molar-refractivity contribution in [3.05, 3.63) is 62.1 Å². The molecule has 1 N–H and O–H groups in total. The summed E-state index contributed by atoms with van der Waals surface area (Å²) in [6.07, 6.45) is 1.05. The summed E-state index contributed by atoms with van der Waals surface area (Å²) in [5.41, 5.74) is 2.53. The zero-order valence-corrected chi connectivity index (χ0v) is 13.0. The Balaban J connectivity index is 1.88. The van der Waals surface area contributed by atoms with Crippen LogP contribution in [0.1, 0.15) is 5.56 Å². The number of hydrogen-bond acceptors (Lipinski definition) is 1.